The van der Waals surface area contributed by atoms with E-state index in [0.29, 0.717) is 0 Å². The van der Waals surface area contributed by atoms with Gasteiger partial charge in [-0.2, -0.15) is 0 Å². The van der Waals surface area contributed by atoms with E-state index in [1.807, 2.05) is 13.8 Å². The molecule has 1 atom stereocenters. The molecule has 0 bridgehead atoms. The number of carboxylic acid groups (broad SMARTS) is 1. The van der Waals surface area contributed by atoms with E-state index in [9.17, 15) is 4.79 Å². The number of hydrogen-bond acceptors (Lipinski definition) is 2. The number of aromatic carboxylic acids is 1. The third kappa shape index (κ3) is 3.03. The number of carbonyl (C=O) groups is 1. The number of benzene rings is 1. The van der Waals surface area contributed by atoms with E-state index in [-0.39, 0.29) is 27.5 Å². The normalized spacial score (nSPS) is 12.2. The number of ether oxygens (including phenoxy) is 1. The maximum absolute atomic E-state index is 11.0. The van der Waals surface area contributed by atoms with Crippen LogP contribution in [0.4, 0.5) is 0 Å². The summed E-state index contributed by atoms with van der Waals surface area (Å²) in [4.78, 5) is 11.0. The summed E-state index contributed by atoms with van der Waals surface area (Å²) in [7, 11) is 0. The molecular weight excluding hydrogens is 251 g/mol. The third-order valence-electron chi connectivity index (χ3n) is 2.13. The van der Waals surface area contributed by atoms with Crippen LogP contribution in [-0.2, 0) is 0 Å². The summed E-state index contributed by atoms with van der Waals surface area (Å²) in [6.45, 7) is 3.78. The standard InChI is InChI=1S/C11H12Cl2O3/c1-3-6(2)16-10-8(11(14)15)4-7(12)5-9(10)13/h4-6H,3H2,1-2H3,(H,14,15). The van der Waals surface area contributed by atoms with Crippen molar-refractivity contribution in [3.05, 3.63) is 27.7 Å². The molecule has 0 saturated carbocycles. The second-order valence-corrected chi connectivity index (χ2v) is 4.25. The molecule has 0 aliphatic heterocycles. The molecule has 1 N–H and O–H groups in total. The highest BCUT2D eigenvalue weighted by molar-refractivity contribution is 6.36. The molecule has 5 heteroatoms. The average Bonchev–Trinajstić information content (AvgIpc) is 2.20. The van der Waals surface area contributed by atoms with Gasteiger partial charge in [0.2, 0.25) is 0 Å². The first-order valence-corrected chi connectivity index (χ1v) is 5.60. The van der Waals surface area contributed by atoms with Gasteiger partial charge in [0.1, 0.15) is 5.56 Å². The lowest BCUT2D eigenvalue weighted by Crippen LogP contribution is -2.13. The van der Waals surface area contributed by atoms with Crippen molar-refractivity contribution in [2.45, 2.75) is 26.4 Å². The third-order valence-corrected chi connectivity index (χ3v) is 2.63. The van der Waals surface area contributed by atoms with Crippen LogP contribution in [0, 0.1) is 0 Å². The van der Waals surface area contributed by atoms with Gasteiger partial charge in [0, 0.05) is 5.02 Å². The van der Waals surface area contributed by atoms with Gasteiger partial charge in [-0.3, -0.25) is 0 Å². The van der Waals surface area contributed by atoms with Crippen molar-refractivity contribution < 1.29 is 14.6 Å². The molecule has 0 aliphatic carbocycles. The zero-order valence-corrected chi connectivity index (χ0v) is 10.5. The van der Waals surface area contributed by atoms with Crippen molar-refractivity contribution in [1.29, 1.82) is 0 Å². The lowest BCUT2D eigenvalue weighted by molar-refractivity contribution is 0.0689. The first-order valence-electron chi connectivity index (χ1n) is 4.84. The quantitative estimate of drug-likeness (QED) is 0.896. The molecule has 0 heterocycles. The van der Waals surface area contributed by atoms with Crippen LogP contribution in [-0.4, -0.2) is 17.2 Å². The number of hydrogen-bond donors (Lipinski definition) is 1. The lowest BCUT2D eigenvalue weighted by atomic mass is 10.2. The second-order valence-electron chi connectivity index (χ2n) is 3.41. The van der Waals surface area contributed by atoms with Crippen LogP contribution in [0.25, 0.3) is 0 Å². The second kappa shape index (κ2) is 5.41. The van der Waals surface area contributed by atoms with Crippen LogP contribution in [0.15, 0.2) is 12.1 Å². The van der Waals surface area contributed by atoms with Crippen molar-refractivity contribution in [1.82, 2.24) is 0 Å². The highest BCUT2D eigenvalue weighted by Gasteiger charge is 2.18. The Morgan fingerprint density at radius 3 is 2.62 bits per heavy atom. The Morgan fingerprint density at radius 2 is 2.12 bits per heavy atom. The maximum Gasteiger partial charge on any atom is 0.339 e. The molecule has 0 fully saturated rings. The molecule has 0 saturated heterocycles. The van der Waals surface area contributed by atoms with E-state index in [2.05, 4.69) is 0 Å². The first-order chi connectivity index (χ1) is 7.45. The van der Waals surface area contributed by atoms with Gasteiger partial charge in [-0.05, 0) is 25.5 Å². The van der Waals surface area contributed by atoms with Gasteiger partial charge >= 0.3 is 5.97 Å². The fourth-order valence-electron chi connectivity index (χ4n) is 1.12. The predicted octanol–water partition coefficient (Wildman–Crippen LogP) is 3.87. The molecule has 1 rings (SSSR count). The molecule has 1 unspecified atom stereocenters. The maximum atomic E-state index is 11.0. The molecule has 1 aromatic rings. The van der Waals surface area contributed by atoms with Crippen molar-refractivity contribution in [2.24, 2.45) is 0 Å². The Balaban J connectivity index is 3.19. The molecule has 0 amide bonds. The highest BCUT2D eigenvalue weighted by Crippen LogP contribution is 2.33. The summed E-state index contributed by atoms with van der Waals surface area (Å²) in [5, 5.41) is 9.49. The van der Waals surface area contributed by atoms with Crippen LogP contribution in [0.5, 0.6) is 5.75 Å². The molecule has 16 heavy (non-hydrogen) atoms. The SMILES string of the molecule is CCC(C)Oc1c(Cl)cc(Cl)cc1C(=O)O. The Bertz CT molecular complexity index is 404. The Labute approximate surface area is 104 Å². The summed E-state index contributed by atoms with van der Waals surface area (Å²) in [6.07, 6.45) is 0.662. The van der Waals surface area contributed by atoms with Crippen LogP contribution in [0.1, 0.15) is 30.6 Å². The minimum atomic E-state index is -1.11. The van der Waals surface area contributed by atoms with Gasteiger partial charge in [-0.1, -0.05) is 30.1 Å². The molecule has 0 spiro atoms. The van der Waals surface area contributed by atoms with Gasteiger partial charge in [-0.15, -0.1) is 0 Å². The summed E-state index contributed by atoms with van der Waals surface area (Å²) < 4.78 is 5.47. The van der Waals surface area contributed by atoms with Crippen LogP contribution < -0.4 is 4.74 Å². The molecule has 0 aliphatic rings. The molecule has 0 radical (unpaired) electrons. The fourth-order valence-corrected chi connectivity index (χ4v) is 1.66. The van der Waals surface area contributed by atoms with E-state index in [0.717, 1.165) is 6.42 Å². The van der Waals surface area contributed by atoms with Crippen molar-refractivity contribution in [2.75, 3.05) is 0 Å². The topological polar surface area (TPSA) is 46.5 Å². The summed E-state index contributed by atoms with van der Waals surface area (Å²) in [5.74, 6) is -0.935. The summed E-state index contributed by atoms with van der Waals surface area (Å²) >= 11 is 11.6. The van der Waals surface area contributed by atoms with Gasteiger partial charge in [0.25, 0.3) is 0 Å². The molecular formula is C11H12Cl2O3. The van der Waals surface area contributed by atoms with Gasteiger partial charge in [0.15, 0.2) is 5.75 Å². The smallest absolute Gasteiger partial charge is 0.339 e. The molecule has 88 valence electrons. The van der Waals surface area contributed by atoms with Gasteiger partial charge in [-0.25, -0.2) is 4.79 Å². The minimum absolute atomic E-state index is 0.0159. The number of halogens is 2. The molecule has 3 nitrogen and oxygen atoms in total. The Kier molecular flexibility index (Phi) is 4.44. The summed E-state index contributed by atoms with van der Waals surface area (Å²) in [6, 6.07) is 2.79. The van der Waals surface area contributed by atoms with E-state index in [1.165, 1.54) is 12.1 Å². The number of rotatable bonds is 4. The average molecular weight is 263 g/mol. The number of carboxylic acids is 1. The van der Waals surface area contributed by atoms with E-state index in [4.69, 9.17) is 33.0 Å². The largest absolute Gasteiger partial charge is 0.488 e. The minimum Gasteiger partial charge on any atom is -0.488 e. The van der Waals surface area contributed by atoms with Crippen molar-refractivity contribution in [3.63, 3.8) is 0 Å². The van der Waals surface area contributed by atoms with E-state index >= 15 is 0 Å². The van der Waals surface area contributed by atoms with Crippen LogP contribution >= 0.6 is 23.2 Å². The first kappa shape index (κ1) is 13.1. The van der Waals surface area contributed by atoms with E-state index in [1.54, 1.807) is 0 Å². The Morgan fingerprint density at radius 1 is 1.50 bits per heavy atom. The van der Waals surface area contributed by atoms with E-state index < -0.39 is 5.97 Å². The predicted molar refractivity (Wildman–Crippen MR) is 63.8 cm³/mol. The molecule has 1 aromatic carbocycles. The molecule has 0 aromatic heterocycles. The zero-order valence-electron chi connectivity index (χ0n) is 8.96. The van der Waals surface area contributed by atoms with Gasteiger partial charge in [0.05, 0.1) is 11.1 Å². The van der Waals surface area contributed by atoms with Gasteiger partial charge < -0.3 is 9.84 Å². The van der Waals surface area contributed by atoms with Crippen LogP contribution in [0.3, 0.4) is 0 Å². The summed E-state index contributed by atoms with van der Waals surface area (Å²) in [5.41, 5.74) is -0.0159. The Hall–Kier alpha value is -0.930. The zero-order chi connectivity index (χ0) is 12.3. The highest BCUT2D eigenvalue weighted by atomic mass is 35.5. The lowest BCUT2D eigenvalue weighted by Gasteiger charge is -2.16. The van der Waals surface area contributed by atoms with Crippen molar-refractivity contribution >= 4 is 29.2 Å². The van der Waals surface area contributed by atoms with Crippen LogP contribution in [0.2, 0.25) is 10.0 Å². The monoisotopic (exact) mass is 262 g/mol. The van der Waals surface area contributed by atoms with Crippen molar-refractivity contribution in [3.8, 4) is 5.75 Å². The fraction of sp³-hybridized carbons (Fsp3) is 0.364.